The first kappa shape index (κ1) is 16.3. The third-order valence-corrected chi connectivity index (χ3v) is 3.21. The number of nitrogens with one attached hydrogen (secondary N) is 1. The Morgan fingerprint density at radius 1 is 1.22 bits per heavy atom. The van der Waals surface area contributed by atoms with Crippen LogP contribution in [0.3, 0.4) is 0 Å². The van der Waals surface area contributed by atoms with Gasteiger partial charge in [0.25, 0.3) is 5.69 Å². The van der Waals surface area contributed by atoms with Gasteiger partial charge in [-0.2, -0.15) is 0 Å². The van der Waals surface area contributed by atoms with Crippen molar-refractivity contribution in [3.63, 3.8) is 0 Å². The summed E-state index contributed by atoms with van der Waals surface area (Å²) in [6.45, 7) is 1.62. The first-order valence-corrected chi connectivity index (χ1v) is 6.96. The van der Waals surface area contributed by atoms with Gasteiger partial charge in [0, 0.05) is 24.5 Å². The maximum absolute atomic E-state index is 11.9. The molecule has 0 unspecified atom stereocenters. The van der Waals surface area contributed by atoms with Crippen LogP contribution < -0.4 is 5.32 Å². The number of pyridine rings is 1. The molecule has 0 saturated carbocycles. The minimum absolute atomic E-state index is 0.0197. The summed E-state index contributed by atoms with van der Waals surface area (Å²) in [6, 6.07) is 10.1. The molecule has 0 aliphatic rings. The van der Waals surface area contributed by atoms with E-state index in [0.29, 0.717) is 11.1 Å². The third kappa shape index (κ3) is 4.44. The van der Waals surface area contributed by atoms with Crippen LogP contribution in [0.2, 0.25) is 0 Å². The molecule has 2 rings (SSSR count). The molecule has 0 radical (unpaired) electrons. The molecule has 0 aliphatic heterocycles. The number of rotatable bonds is 6. The average Bonchev–Trinajstić information content (AvgIpc) is 2.55. The van der Waals surface area contributed by atoms with Crippen molar-refractivity contribution in [3.8, 4) is 0 Å². The molecule has 0 bridgehead atoms. The molecule has 118 valence electrons. The topological polar surface area (TPSA) is 102 Å². The lowest BCUT2D eigenvalue weighted by atomic mass is 10.1. The Bertz CT molecular complexity index is 744. The molecular formula is C16H15N3O4. The van der Waals surface area contributed by atoms with E-state index in [1.165, 1.54) is 6.07 Å². The number of carbonyl (C=O) groups is 2. The van der Waals surface area contributed by atoms with Crippen LogP contribution in [0.25, 0.3) is 0 Å². The molecule has 1 N–H and O–H groups in total. The van der Waals surface area contributed by atoms with Gasteiger partial charge in [-0.05, 0) is 12.5 Å². The molecule has 2 aromatic rings. The number of hydrogen-bond donors (Lipinski definition) is 1. The van der Waals surface area contributed by atoms with Crippen molar-refractivity contribution in [2.24, 2.45) is 0 Å². The van der Waals surface area contributed by atoms with Crippen molar-refractivity contribution in [2.45, 2.75) is 19.8 Å². The minimum atomic E-state index is -0.551. The number of aryl methyl sites for hydroxylation is 1. The maximum Gasteiger partial charge on any atom is 0.287 e. The van der Waals surface area contributed by atoms with E-state index >= 15 is 0 Å². The van der Waals surface area contributed by atoms with Gasteiger partial charge in [0.1, 0.15) is 12.0 Å². The second kappa shape index (κ2) is 7.26. The number of carbonyl (C=O) groups excluding carboxylic acids is 2. The number of nitrogens with zero attached hydrogens (tertiary/aromatic N) is 2. The summed E-state index contributed by atoms with van der Waals surface area (Å²) in [5.41, 5.74) is 0.909. The summed E-state index contributed by atoms with van der Waals surface area (Å²) in [5.74, 6) is -0.222. The predicted molar refractivity (Wildman–Crippen MR) is 84.3 cm³/mol. The van der Waals surface area contributed by atoms with Gasteiger partial charge in [0.15, 0.2) is 5.78 Å². The minimum Gasteiger partial charge on any atom is -0.310 e. The summed E-state index contributed by atoms with van der Waals surface area (Å²) < 4.78 is 0. The van der Waals surface area contributed by atoms with E-state index in [1.807, 2.05) is 6.07 Å². The Morgan fingerprint density at radius 3 is 2.52 bits per heavy atom. The molecule has 1 aromatic heterocycles. The van der Waals surface area contributed by atoms with Crippen molar-refractivity contribution < 1.29 is 14.5 Å². The number of anilines is 1. The van der Waals surface area contributed by atoms with E-state index in [2.05, 4.69) is 10.3 Å². The summed E-state index contributed by atoms with van der Waals surface area (Å²) in [6.07, 6.45) is 1.19. The van der Waals surface area contributed by atoms with Crippen LogP contribution in [-0.2, 0) is 4.79 Å². The molecule has 0 spiro atoms. The predicted octanol–water partition coefficient (Wildman–Crippen LogP) is 2.90. The SMILES string of the molecule is Cc1cc([N+](=O)[O-])cnc1NC(=O)CCC(=O)c1ccccc1. The van der Waals surface area contributed by atoms with Crippen molar-refractivity contribution in [3.05, 3.63) is 63.8 Å². The molecule has 1 aromatic carbocycles. The molecule has 7 heteroatoms. The number of amides is 1. The van der Waals surface area contributed by atoms with E-state index < -0.39 is 4.92 Å². The number of hydrogen-bond acceptors (Lipinski definition) is 5. The highest BCUT2D eigenvalue weighted by molar-refractivity contribution is 5.99. The second-order valence-corrected chi connectivity index (χ2v) is 4.95. The molecule has 0 saturated heterocycles. The van der Waals surface area contributed by atoms with Crippen molar-refractivity contribution >= 4 is 23.2 Å². The van der Waals surface area contributed by atoms with Gasteiger partial charge >= 0.3 is 0 Å². The van der Waals surface area contributed by atoms with Gasteiger partial charge in [-0.25, -0.2) is 4.98 Å². The van der Waals surface area contributed by atoms with Crippen LogP contribution in [0.15, 0.2) is 42.6 Å². The van der Waals surface area contributed by atoms with E-state index in [9.17, 15) is 19.7 Å². The first-order valence-electron chi connectivity index (χ1n) is 6.96. The molecule has 0 fully saturated rings. The highest BCUT2D eigenvalue weighted by Gasteiger charge is 2.13. The van der Waals surface area contributed by atoms with Crippen LogP contribution in [-0.4, -0.2) is 21.6 Å². The highest BCUT2D eigenvalue weighted by Crippen LogP contribution is 2.18. The van der Waals surface area contributed by atoms with Gasteiger partial charge in [0.2, 0.25) is 5.91 Å². The third-order valence-electron chi connectivity index (χ3n) is 3.21. The average molecular weight is 313 g/mol. The second-order valence-electron chi connectivity index (χ2n) is 4.95. The number of benzene rings is 1. The monoisotopic (exact) mass is 313 g/mol. The zero-order chi connectivity index (χ0) is 16.8. The normalized spacial score (nSPS) is 10.1. The molecule has 1 heterocycles. The quantitative estimate of drug-likeness (QED) is 0.502. The van der Waals surface area contributed by atoms with Gasteiger partial charge in [-0.15, -0.1) is 0 Å². The molecule has 0 atom stereocenters. The zero-order valence-electron chi connectivity index (χ0n) is 12.5. The zero-order valence-corrected chi connectivity index (χ0v) is 12.5. The van der Waals surface area contributed by atoms with Gasteiger partial charge in [-0.1, -0.05) is 30.3 Å². The van der Waals surface area contributed by atoms with E-state index in [0.717, 1.165) is 6.20 Å². The first-order chi connectivity index (χ1) is 11.0. The fourth-order valence-electron chi connectivity index (χ4n) is 1.98. The summed E-state index contributed by atoms with van der Waals surface area (Å²) in [5, 5.41) is 13.2. The highest BCUT2D eigenvalue weighted by atomic mass is 16.6. The van der Waals surface area contributed by atoms with Crippen LogP contribution in [0.4, 0.5) is 11.5 Å². The number of Topliss-reactive ketones (excluding diaryl/α,β-unsaturated/α-hetero) is 1. The smallest absolute Gasteiger partial charge is 0.287 e. The van der Waals surface area contributed by atoms with Gasteiger partial charge in [-0.3, -0.25) is 19.7 Å². The van der Waals surface area contributed by atoms with Crippen molar-refractivity contribution in [1.29, 1.82) is 0 Å². The summed E-state index contributed by atoms with van der Waals surface area (Å²) >= 11 is 0. The lowest BCUT2D eigenvalue weighted by molar-refractivity contribution is -0.385. The summed E-state index contributed by atoms with van der Waals surface area (Å²) in [7, 11) is 0. The van der Waals surface area contributed by atoms with Crippen LogP contribution >= 0.6 is 0 Å². The fourth-order valence-corrected chi connectivity index (χ4v) is 1.98. The van der Waals surface area contributed by atoms with E-state index in [-0.39, 0.29) is 36.0 Å². The van der Waals surface area contributed by atoms with Crippen molar-refractivity contribution in [2.75, 3.05) is 5.32 Å². The molecule has 7 nitrogen and oxygen atoms in total. The van der Waals surface area contributed by atoms with Crippen LogP contribution in [0.5, 0.6) is 0 Å². The van der Waals surface area contributed by atoms with E-state index in [1.54, 1.807) is 31.2 Å². The van der Waals surface area contributed by atoms with Gasteiger partial charge < -0.3 is 5.32 Å². The standard InChI is InChI=1S/C16H15N3O4/c1-11-9-13(19(22)23)10-17-16(11)18-15(21)8-7-14(20)12-5-3-2-4-6-12/h2-6,9-10H,7-8H2,1H3,(H,17,18,21). The van der Waals surface area contributed by atoms with Gasteiger partial charge in [0.05, 0.1) is 4.92 Å². The van der Waals surface area contributed by atoms with Crippen LogP contribution in [0.1, 0.15) is 28.8 Å². The maximum atomic E-state index is 11.9. The van der Waals surface area contributed by atoms with Crippen LogP contribution in [0, 0.1) is 17.0 Å². The Kier molecular flexibility index (Phi) is 5.14. The Morgan fingerprint density at radius 2 is 1.91 bits per heavy atom. The molecule has 0 aliphatic carbocycles. The Labute approximate surface area is 132 Å². The fraction of sp³-hybridized carbons (Fsp3) is 0.188. The molecule has 1 amide bonds. The van der Waals surface area contributed by atoms with E-state index in [4.69, 9.17) is 0 Å². The number of aromatic nitrogens is 1. The lowest BCUT2D eigenvalue weighted by Crippen LogP contribution is -2.15. The largest absolute Gasteiger partial charge is 0.310 e. The number of ketones is 1. The Balaban J connectivity index is 1.92. The van der Waals surface area contributed by atoms with Crippen molar-refractivity contribution in [1.82, 2.24) is 4.98 Å². The molecular weight excluding hydrogens is 298 g/mol. The Hall–Kier alpha value is -3.09. The summed E-state index contributed by atoms with van der Waals surface area (Å²) in [4.78, 5) is 37.8. The number of nitro groups is 1. The lowest BCUT2D eigenvalue weighted by Gasteiger charge is -2.07. The molecule has 23 heavy (non-hydrogen) atoms.